The van der Waals surface area contributed by atoms with Gasteiger partial charge < -0.3 is 5.73 Å². The van der Waals surface area contributed by atoms with Gasteiger partial charge >= 0.3 is 0 Å². The van der Waals surface area contributed by atoms with Gasteiger partial charge in [0.1, 0.15) is 0 Å². The van der Waals surface area contributed by atoms with Gasteiger partial charge in [0.15, 0.2) is 0 Å². The van der Waals surface area contributed by atoms with Crippen LogP contribution in [0.3, 0.4) is 0 Å². The second kappa shape index (κ2) is 4.44. The highest BCUT2D eigenvalue weighted by atomic mass is 15.2. The molecule has 1 fully saturated rings. The number of nitriles is 1. The molecule has 2 N–H and O–H groups in total. The van der Waals surface area contributed by atoms with Crippen molar-refractivity contribution in [3.05, 3.63) is 0 Å². The molecule has 0 aliphatic carbocycles. The van der Waals surface area contributed by atoms with Gasteiger partial charge in [0, 0.05) is 25.0 Å². The molecule has 2 atom stereocenters. The maximum absolute atomic E-state index is 8.44. The van der Waals surface area contributed by atoms with E-state index in [0.29, 0.717) is 18.5 Å². The number of rotatable bonds is 2. The lowest BCUT2D eigenvalue weighted by atomic mass is 9.98. The first kappa shape index (κ1) is 9.50. The van der Waals surface area contributed by atoms with Crippen molar-refractivity contribution >= 4 is 0 Å². The summed E-state index contributed by atoms with van der Waals surface area (Å²) < 4.78 is 0. The van der Waals surface area contributed by atoms with Crippen molar-refractivity contribution in [1.29, 1.82) is 5.26 Å². The molecule has 0 aromatic rings. The first-order valence-corrected chi connectivity index (χ1v) is 4.62. The van der Waals surface area contributed by atoms with Gasteiger partial charge in [0.2, 0.25) is 0 Å². The molecular weight excluding hydrogens is 150 g/mol. The molecule has 0 saturated carbocycles. The summed E-state index contributed by atoms with van der Waals surface area (Å²) in [6.07, 6.45) is 2.93. The smallest absolute Gasteiger partial charge is 0.0635 e. The van der Waals surface area contributed by atoms with Gasteiger partial charge in [-0.1, -0.05) is 0 Å². The zero-order valence-electron chi connectivity index (χ0n) is 7.66. The molecule has 0 amide bonds. The number of nitrogens with two attached hydrogens (primary N) is 1. The van der Waals surface area contributed by atoms with Crippen LogP contribution in [0.1, 0.15) is 26.2 Å². The van der Waals surface area contributed by atoms with Crippen molar-refractivity contribution in [3.8, 4) is 6.07 Å². The van der Waals surface area contributed by atoms with Crippen molar-refractivity contribution in [3.63, 3.8) is 0 Å². The fourth-order valence-corrected chi connectivity index (χ4v) is 1.75. The van der Waals surface area contributed by atoms with Gasteiger partial charge in [0.05, 0.1) is 6.07 Å². The van der Waals surface area contributed by atoms with Crippen LogP contribution in [0.15, 0.2) is 0 Å². The Morgan fingerprint density at radius 2 is 2.42 bits per heavy atom. The Labute approximate surface area is 74.1 Å². The number of hydrogen-bond donors (Lipinski definition) is 1. The molecule has 0 unspecified atom stereocenters. The first-order chi connectivity index (χ1) is 5.75. The van der Waals surface area contributed by atoms with E-state index >= 15 is 0 Å². The molecular formula is C9H17N3. The highest BCUT2D eigenvalue weighted by Gasteiger charge is 2.24. The molecule has 12 heavy (non-hydrogen) atoms. The Morgan fingerprint density at radius 3 is 3.08 bits per heavy atom. The minimum Gasteiger partial charge on any atom is -0.326 e. The van der Waals surface area contributed by atoms with Crippen LogP contribution in [0.2, 0.25) is 0 Å². The lowest BCUT2D eigenvalue weighted by Crippen LogP contribution is -2.50. The highest BCUT2D eigenvalue weighted by molar-refractivity contribution is 4.85. The SMILES string of the molecule is C[C@@H]1[C@H](N)CCCN1CCC#N. The standard InChI is InChI=1S/C9H17N3/c1-8-9(11)4-2-6-12(8)7-3-5-10/h8-9H,2-4,6-7,11H2,1H3/t8-,9-/m1/s1. The molecule has 0 radical (unpaired) electrons. The van der Waals surface area contributed by atoms with Gasteiger partial charge in [0.25, 0.3) is 0 Å². The highest BCUT2D eigenvalue weighted by Crippen LogP contribution is 2.15. The number of piperidine rings is 1. The number of likely N-dealkylation sites (tertiary alicyclic amines) is 1. The second-order valence-electron chi connectivity index (χ2n) is 3.49. The zero-order chi connectivity index (χ0) is 8.97. The van der Waals surface area contributed by atoms with Gasteiger partial charge in [-0.15, -0.1) is 0 Å². The summed E-state index contributed by atoms with van der Waals surface area (Å²) >= 11 is 0. The van der Waals surface area contributed by atoms with Crippen LogP contribution < -0.4 is 5.73 Å². The molecule has 1 heterocycles. The van der Waals surface area contributed by atoms with Crippen molar-refractivity contribution in [1.82, 2.24) is 4.90 Å². The quantitative estimate of drug-likeness (QED) is 0.659. The molecule has 0 aromatic heterocycles. The van der Waals surface area contributed by atoms with Crippen LogP contribution >= 0.6 is 0 Å². The maximum Gasteiger partial charge on any atom is 0.0635 e. The van der Waals surface area contributed by atoms with Crippen LogP contribution in [0.5, 0.6) is 0 Å². The van der Waals surface area contributed by atoms with Crippen LogP contribution in [0.25, 0.3) is 0 Å². The summed E-state index contributed by atoms with van der Waals surface area (Å²) in [7, 11) is 0. The average Bonchev–Trinajstić information content (AvgIpc) is 2.08. The van der Waals surface area contributed by atoms with Crippen LogP contribution in [0.4, 0.5) is 0 Å². The summed E-state index contributed by atoms with van der Waals surface area (Å²) in [5.41, 5.74) is 5.92. The average molecular weight is 167 g/mol. The van der Waals surface area contributed by atoms with E-state index in [1.165, 1.54) is 6.42 Å². The van der Waals surface area contributed by atoms with Gasteiger partial charge in [-0.2, -0.15) is 5.26 Å². The van der Waals surface area contributed by atoms with E-state index < -0.39 is 0 Å². The minimum atomic E-state index is 0.303. The Morgan fingerprint density at radius 1 is 1.67 bits per heavy atom. The monoisotopic (exact) mass is 167 g/mol. The van der Waals surface area contributed by atoms with E-state index in [0.717, 1.165) is 19.5 Å². The second-order valence-corrected chi connectivity index (χ2v) is 3.49. The zero-order valence-corrected chi connectivity index (χ0v) is 7.66. The van der Waals surface area contributed by atoms with E-state index in [-0.39, 0.29) is 0 Å². The van der Waals surface area contributed by atoms with E-state index in [2.05, 4.69) is 17.9 Å². The third-order valence-corrected chi connectivity index (χ3v) is 2.69. The first-order valence-electron chi connectivity index (χ1n) is 4.62. The molecule has 0 bridgehead atoms. The number of nitrogens with zero attached hydrogens (tertiary/aromatic N) is 2. The molecule has 0 spiro atoms. The lowest BCUT2D eigenvalue weighted by molar-refractivity contribution is 0.144. The Hall–Kier alpha value is -0.590. The molecule has 1 rings (SSSR count). The van der Waals surface area contributed by atoms with Crippen molar-refractivity contribution in [2.24, 2.45) is 5.73 Å². The summed E-state index contributed by atoms with van der Waals surface area (Å²) in [5, 5.41) is 8.44. The molecule has 0 aromatic carbocycles. The number of hydrogen-bond acceptors (Lipinski definition) is 3. The summed E-state index contributed by atoms with van der Waals surface area (Å²) in [6, 6.07) is 2.92. The topological polar surface area (TPSA) is 53.0 Å². The predicted molar refractivity (Wildman–Crippen MR) is 48.5 cm³/mol. The van der Waals surface area contributed by atoms with E-state index in [9.17, 15) is 0 Å². The van der Waals surface area contributed by atoms with Crippen molar-refractivity contribution in [2.75, 3.05) is 13.1 Å². The van der Waals surface area contributed by atoms with Gasteiger partial charge in [-0.05, 0) is 26.3 Å². The minimum absolute atomic E-state index is 0.303. The van der Waals surface area contributed by atoms with Crippen LogP contribution in [-0.2, 0) is 0 Å². The molecule has 3 nitrogen and oxygen atoms in total. The maximum atomic E-state index is 8.44. The molecule has 1 aliphatic heterocycles. The third kappa shape index (κ3) is 2.20. The molecule has 1 saturated heterocycles. The largest absolute Gasteiger partial charge is 0.326 e. The summed E-state index contributed by atoms with van der Waals surface area (Å²) in [5.74, 6) is 0. The summed E-state index contributed by atoms with van der Waals surface area (Å²) in [6.45, 7) is 4.14. The van der Waals surface area contributed by atoms with E-state index in [1.807, 2.05) is 0 Å². The fraction of sp³-hybridized carbons (Fsp3) is 0.889. The lowest BCUT2D eigenvalue weighted by Gasteiger charge is -2.37. The van der Waals surface area contributed by atoms with E-state index in [1.54, 1.807) is 0 Å². The fourth-order valence-electron chi connectivity index (χ4n) is 1.75. The molecule has 3 heteroatoms. The Balaban J connectivity index is 2.36. The normalized spacial score (nSPS) is 31.4. The van der Waals surface area contributed by atoms with Crippen LogP contribution in [-0.4, -0.2) is 30.1 Å². The van der Waals surface area contributed by atoms with E-state index in [4.69, 9.17) is 11.0 Å². The Bertz CT molecular complexity index is 173. The van der Waals surface area contributed by atoms with Crippen molar-refractivity contribution < 1.29 is 0 Å². The van der Waals surface area contributed by atoms with Gasteiger partial charge in [-0.25, -0.2) is 0 Å². The predicted octanol–water partition coefficient (Wildman–Crippen LogP) is 0.712. The van der Waals surface area contributed by atoms with Crippen LogP contribution in [0, 0.1) is 11.3 Å². The summed E-state index contributed by atoms with van der Waals surface area (Å²) in [4.78, 5) is 2.32. The Kier molecular flexibility index (Phi) is 3.51. The van der Waals surface area contributed by atoms with Crippen molar-refractivity contribution in [2.45, 2.75) is 38.3 Å². The van der Waals surface area contributed by atoms with Gasteiger partial charge in [-0.3, -0.25) is 4.90 Å². The third-order valence-electron chi connectivity index (χ3n) is 2.69. The molecule has 68 valence electrons. The molecule has 1 aliphatic rings.